The summed E-state index contributed by atoms with van der Waals surface area (Å²) < 4.78 is 0. The predicted octanol–water partition coefficient (Wildman–Crippen LogP) is 1.70. The standard InChI is InChI=1S/C9H12O.CH3NOS/c1-9(2,10)8-6-4-3-5-7-8;2-1(3)4/h3-7,10H,1-2H3;(H3,2,3,4). The summed E-state index contributed by atoms with van der Waals surface area (Å²) in [7, 11) is 0. The van der Waals surface area contributed by atoms with Crippen LogP contribution in [0.1, 0.15) is 19.4 Å². The molecule has 4 heteroatoms. The first-order valence-corrected chi connectivity index (χ1v) is 4.51. The summed E-state index contributed by atoms with van der Waals surface area (Å²) in [5, 5.41) is 16.6. The Morgan fingerprint density at radius 3 is 1.86 bits per heavy atom. The van der Waals surface area contributed by atoms with Gasteiger partial charge in [-0.05, 0) is 31.6 Å². The predicted molar refractivity (Wildman–Crippen MR) is 61.1 cm³/mol. The van der Waals surface area contributed by atoms with Gasteiger partial charge in [0.15, 0.2) is 0 Å². The second-order valence-electron chi connectivity index (χ2n) is 3.26. The lowest BCUT2D eigenvalue weighted by Gasteiger charge is -2.16. The van der Waals surface area contributed by atoms with E-state index in [-0.39, 0.29) is 0 Å². The SMILES string of the molecule is CC(C)(O)c1ccccc1.NC(O)=S. The maximum atomic E-state index is 9.49. The summed E-state index contributed by atoms with van der Waals surface area (Å²) in [5.41, 5.74) is 4.64. The summed E-state index contributed by atoms with van der Waals surface area (Å²) in [4.78, 5) is 0. The second kappa shape index (κ2) is 5.57. The molecule has 78 valence electrons. The molecule has 0 aliphatic rings. The van der Waals surface area contributed by atoms with Crippen molar-refractivity contribution in [2.75, 3.05) is 0 Å². The van der Waals surface area contributed by atoms with Gasteiger partial charge < -0.3 is 15.9 Å². The van der Waals surface area contributed by atoms with Crippen LogP contribution >= 0.6 is 12.2 Å². The molecule has 1 rings (SSSR count). The Kier molecular flexibility index (Phi) is 5.12. The molecule has 0 aliphatic heterocycles. The van der Waals surface area contributed by atoms with Gasteiger partial charge >= 0.3 is 0 Å². The molecule has 3 nitrogen and oxygen atoms in total. The number of thiocarbonyl (C=S) groups is 1. The van der Waals surface area contributed by atoms with Gasteiger partial charge in [-0.3, -0.25) is 0 Å². The van der Waals surface area contributed by atoms with E-state index in [2.05, 4.69) is 18.0 Å². The molecule has 14 heavy (non-hydrogen) atoms. The van der Waals surface area contributed by atoms with Gasteiger partial charge in [0, 0.05) is 0 Å². The molecule has 0 amide bonds. The molecule has 0 spiro atoms. The third kappa shape index (κ3) is 6.39. The molecule has 0 saturated heterocycles. The minimum Gasteiger partial charge on any atom is -0.487 e. The third-order valence-electron chi connectivity index (χ3n) is 1.48. The molecule has 1 aromatic rings. The number of rotatable bonds is 1. The summed E-state index contributed by atoms with van der Waals surface area (Å²) in [6, 6.07) is 9.62. The van der Waals surface area contributed by atoms with Gasteiger partial charge in [-0.25, -0.2) is 0 Å². The van der Waals surface area contributed by atoms with Crippen molar-refractivity contribution in [2.24, 2.45) is 5.73 Å². The van der Waals surface area contributed by atoms with E-state index in [9.17, 15) is 5.11 Å². The molecule has 0 radical (unpaired) electrons. The van der Waals surface area contributed by atoms with E-state index < -0.39 is 10.8 Å². The van der Waals surface area contributed by atoms with E-state index in [4.69, 9.17) is 5.11 Å². The minimum absolute atomic E-state index is 0.500. The first kappa shape index (κ1) is 12.9. The molecule has 0 atom stereocenters. The second-order valence-corrected chi connectivity index (χ2v) is 3.68. The highest BCUT2D eigenvalue weighted by atomic mass is 32.1. The Morgan fingerprint density at radius 1 is 1.29 bits per heavy atom. The lowest BCUT2D eigenvalue weighted by molar-refractivity contribution is 0.0786. The fourth-order valence-corrected chi connectivity index (χ4v) is 0.846. The molecule has 1 aromatic carbocycles. The number of hydrogen-bond donors (Lipinski definition) is 3. The zero-order valence-electron chi connectivity index (χ0n) is 8.27. The van der Waals surface area contributed by atoms with Crippen LogP contribution in [0.5, 0.6) is 0 Å². The third-order valence-corrected chi connectivity index (χ3v) is 1.48. The number of hydrogen-bond acceptors (Lipinski definition) is 2. The molecule has 0 aliphatic carbocycles. The highest BCUT2D eigenvalue weighted by molar-refractivity contribution is 7.79. The van der Waals surface area contributed by atoms with Crippen molar-refractivity contribution < 1.29 is 10.2 Å². The van der Waals surface area contributed by atoms with Gasteiger partial charge in [0.2, 0.25) is 0 Å². The van der Waals surface area contributed by atoms with Gasteiger partial charge in [0.1, 0.15) is 0 Å². The van der Waals surface area contributed by atoms with Gasteiger partial charge in [0.25, 0.3) is 5.17 Å². The molecule has 0 bridgehead atoms. The lowest BCUT2D eigenvalue weighted by Crippen LogP contribution is -2.14. The van der Waals surface area contributed by atoms with Crippen LogP contribution in [-0.2, 0) is 5.60 Å². The smallest absolute Gasteiger partial charge is 0.251 e. The van der Waals surface area contributed by atoms with E-state index in [0.717, 1.165) is 5.56 Å². The topological polar surface area (TPSA) is 66.5 Å². The lowest BCUT2D eigenvalue weighted by atomic mass is 9.99. The highest BCUT2D eigenvalue weighted by Gasteiger charge is 2.13. The fraction of sp³-hybridized carbons (Fsp3) is 0.300. The van der Waals surface area contributed by atoms with Crippen LogP contribution < -0.4 is 5.73 Å². The summed E-state index contributed by atoms with van der Waals surface area (Å²) in [5.74, 6) is 0. The van der Waals surface area contributed by atoms with Gasteiger partial charge in [-0.15, -0.1) is 0 Å². The quantitative estimate of drug-likeness (QED) is 0.621. The molecule has 0 saturated carbocycles. The van der Waals surface area contributed by atoms with Crippen molar-refractivity contribution in [1.29, 1.82) is 0 Å². The Bertz CT molecular complexity index is 276. The first-order chi connectivity index (χ1) is 6.34. The zero-order valence-corrected chi connectivity index (χ0v) is 9.08. The van der Waals surface area contributed by atoms with Gasteiger partial charge in [-0.1, -0.05) is 30.3 Å². The van der Waals surface area contributed by atoms with Crippen molar-refractivity contribution in [1.82, 2.24) is 0 Å². The van der Waals surface area contributed by atoms with Crippen molar-refractivity contribution in [3.05, 3.63) is 35.9 Å². The molecule has 0 aromatic heterocycles. The Morgan fingerprint density at radius 2 is 1.64 bits per heavy atom. The molecular formula is C10H15NO2S. The maximum Gasteiger partial charge on any atom is 0.251 e. The van der Waals surface area contributed by atoms with E-state index in [0.29, 0.717) is 0 Å². The molecule has 0 heterocycles. The van der Waals surface area contributed by atoms with Crippen molar-refractivity contribution in [3.63, 3.8) is 0 Å². The molecule has 0 unspecified atom stereocenters. The van der Waals surface area contributed by atoms with Crippen LogP contribution in [0.2, 0.25) is 0 Å². The fourth-order valence-electron chi connectivity index (χ4n) is 0.846. The molecule has 0 fully saturated rings. The molecular weight excluding hydrogens is 198 g/mol. The normalized spacial score (nSPS) is 9.93. The minimum atomic E-state index is -0.707. The zero-order chi connectivity index (χ0) is 11.2. The van der Waals surface area contributed by atoms with Gasteiger partial charge in [0.05, 0.1) is 5.60 Å². The van der Waals surface area contributed by atoms with E-state index in [1.54, 1.807) is 13.8 Å². The van der Waals surface area contributed by atoms with Crippen molar-refractivity contribution in [3.8, 4) is 0 Å². The number of aliphatic hydroxyl groups excluding tert-OH is 1. The van der Waals surface area contributed by atoms with Gasteiger partial charge in [-0.2, -0.15) is 0 Å². The van der Waals surface area contributed by atoms with Crippen LogP contribution in [0.15, 0.2) is 30.3 Å². The Balaban J connectivity index is 0.000000364. The van der Waals surface area contributed by atoms with Crippen LogP contribution in [0.4, 0.5) is 0 Å². The van der Waals surface area contributed by atoms with Crippen LogP contribution in [0.25, 0.3) is 0 Å². The maximum absolute atomic E-state index is 9.49. The monoisotopic (exact) mass is 213 g/mol. The van der Waals surface area contributed by atoms with Crippen molar-refractivity contribution in [2.45, 2.75) is 19.4 Å². The average Bonchev–Trinajstić information content (AvgIpc) is 2.03. The highest BCUT2D eigenvalue weighted by Crippen LogP contribution is 2.17. The number of aliphatic hydroxyl groups is 2. The largest absolute Gasteiger partial charge is 0.487 e. The average molecular weight is 213 g/mol. The Hall–Kier alpha value is -1.13. The van der Waals surface area contributed by atoms with E-state index in [1.807, 2.05) is 30.3 Å². The molecule has 4 N–H and O–H groups in total. The Labute approximate surface area is 89.2 Å². The van der Waals surface area contributed by atoms with Crippen molar-refractivity contribution >= 4 is 17.4 Å². The first-order valence-electron chi connectivity index (χ1n) is 4.10. The summed E-state index contributed by atoms with van der Waals surface area (Å²) >= 11 is 3.87. The van der Waals surface area contributed by atoms with Crippen LogP contribution in [-0.4, -0.2) is 15.4 Å². The number of benzene rings is 1. The summed E-state index contributed by atoms with van der Waals surface area (Å²) in [6.07, 6.45) is 0. The van der Waals surface area contributed by atoms with Crippen LogP contribution in [0, 0.1) is 0 Å². The summed E-state index contributed by atoms with van der Waals surface area (Å²) in [6.45, 7) is 3.56. The van der Waals surface area contributed by atoms with E-state index in [1.165, 1.54) is 0 Å². The van der Waals surface area contributed by atoms with E-state index >= 15 is 0 Å². The van der Waals surface area contributed by atoms with Crippen LogP contribution in [0.3, 0.4) is 0 Å². The number of nitrogens with two attached hydrogens (primary N) is 1.